The predicted octanol–water partition coefficient (Wildman–Crippen LogP) is 4.45. The van der Waals surface area contributed by atoms with Crippen molar-refractivity contribution in [2.24, 2.45) is 0 Å². The van der Waals surface area contributed by atoms with Crippen molar-refractivity contribution < 1.29 is 14.8 Å². The fraction of sp³-hybridized carbons (Fsp3) is 0. The van der Waals surface area contributed by atoms with Crippen molar-refractivity contribution in [3.05, 3.63) is 61.6 Å². The van der Waals surface area contributed by atoms with Crippen LogP contribution in [0, 0.1) is 10.1 Å². The summed E-state index contributed by atoms with van der Waals surface area (Å²) in [6, 6.07) is 8.59. The van der Waals surface area contributed by atoms with Crippen molar-refractivity contribution in [2.45, 2.75) is 0 Å². The molecule has 21 heavy (non-hydrogen) atoms. The minimum absolute atomic E-state index is 0.191. The number of carboxylic acids is 1. The molecule has 0 atom stereocenters. The molecule has 0 spiro atoms. The predicted molar refractivity (Wildman–Crippen MR) is 82.5 cm³/mol. The highest BCUT2D eigenvalue weighted by molar-refractivity contribution is 9.10. The molecule has 0 amide bonds. The largest absolute Gasteiger partial charge is 0.478 e. The van der Waals surface area contributed by atoms with Crippen LogP contribution in [-0.2, 0) is 0 Å². The van der Waals surface area contributed by atoms with Crippen LogP contribution >= 0.6 is 27.5 Å². The number of hydrogen-bond acceptors (Lipinski definition) is 4. The van der Waals surface area contributed by atoms with Gasteiger partial charge in [-0.3, -0.25) is 10.1 Å². The second-order valence-corrected chi connectivity index (χ2v) is 5.31. The zero-order valence-corrected chi connectivity index (χ0v) is 12.7. The standard InChI is InChI=1S/C13H8BrClN2O4/c14-10-3-1-7(5-11(10)15)16-12-4-2-8(17(20)21)6-9(12)13(18)19/h1-6,16H,(H,18,19). The highest BCUT2D eigenvalue weighted by Gasteiger charge is 2.16. The van der Waals surface area contributed by atoms with Gasteiger partial charge in [0.05, 0.1) is 21.2 Å². The Morgan fingerprint density at radius 1 is 1.29 bits per heavy atom. The fourth-order valence-corrected chi connectivity index (χ4v) is 2.09. The van der Waals surface area contributed by atoms with E-state index in [0.717, 1.165) is 6.07 Å². The molecule has 2 N–H and O–H groups in total. The van der Waals surface area contributed by atoms with E-state index in [-0.39, 0.29) is 16.9 Å². The molecule has 6 nitrogen and oxygen atoms in total. The molecule has 2 aromatic rings. The first-order valence-corrected chi connectivity index (χ1v) is 6.79. The SMILES string of the molecule is O=C(O)c1cc([N+](=O)[O-])ccc1Nc1ccc(Br)c(Cl)c1. The molecule has 0 saturated carbocycles. The Labute approximate surface area is 132 Å². The van der Waals surface area contributed by atoms with Gasteiger partial charge in [0.25, 0.3) is 5.69 Å². The maximum atomic E-state index is 11.2. The Morgan fingerprint density at radius 3 is 2.57 bits per heavy atom. The summed E-state index contributed by atoms with van der Waals surface area (Å²) in [7, 11) is 0. The molecule has 0 heterocycles. The number of non-ortho nitro benzene ring substituents is 1. The Balaban J connectivity index is 2.41. The Morgan fingerprint density at radius 2 is 2.00 bits per heavy atom. The molecular weight excluding hydrogens is 364 g/mol. The number of nitro groups is 1. The number of benzene rings is 2. The van der Waals surface area contributed by atoms with Crippen molar-refractivity contribution in [2.75, 3.05) is 5.32 Å². The number of rotatable bonds is 4. The van der Waals surface area contributed by atoms with Crippen molar-refractivity contribution in [3.63, 3.8) is 0 Å². The summed E-state index contributed by atoms with van der Waals surface area (Å²) in [6.45, 7) is 0. The molecule has 0 aliphatic carbocycles. The van der Waals surface area contributed by atoms with Gasteiger partial charge >= 0.3 is 5.97 Å². The van der Waals surface area contributed by atoms with E-state index < -0.39 is 10.9 Å². The van der Waals surface area contributed by atoms with Gasteiger partial charge in [-0.15, -0.1) is 0 Å². The summed E-state index contributed by atoms with van der Waals surface area (Å²) in [4.78, 5) is 21.3. The molecular formula is C13H8BrClN2O4. The normalized spacial score (nSPS) is 10.2. The summed E-state index contributed by atoms with van der Waals surface area (Å²) in [5.41, 5.74) is 0.334. The maximum absolute atomic E-state index is 11.2. The first-order chi connectivity index (χ1) is 9.88. The lowest BCUT2D eigenvalue weighted by Crippen LogP contribution is -2.04. The molecule has 0 bridgehead atoms. The van der Waals surface area contributed by atoms with E-state index in [4.69, 9.17) is 16.7 Å². The number of carboxylic acid groups (broad SMARTS) is 1. The quantitative estimate of drug-likeness (QED) is 0.612. The minimum atomic E-state index is -1.26. The highest BCUT2D eigenvalue weighted by Crippen LogP contribution is 2.29. The van der Waals surface area contributed by atoms with Crippen LogP contribution in [0.5, 0.6) is 0 Å². The number of hydrogen-bond donors (Lipinski definition) is 2. The smallest absolute Gasteiger partial charge is 0.338 e. The van der Waals surface area contributed by atoms with E-state index >= 15 is 0 Å². The molecule has 2 aromatic carbocycles. The zero-order valence-electron chi connectivity index (χ0n) is 10.3. The van der Waals surface area contributed by atoms with Gasteiger partial charge < -0.3 is 10.4 Å². The third kappa shape index (κ3) is 3.50. The topological polar surface area (TPSA) is 92.5 Å². The van der Waals surface area contributed by atoms with E-state index in [1.165, 1.54) is 12.1 Å². The lowest BCUT2D eigenvalue weighted by molar-refractivity contribution is -0.384. The molecule has 0 radical (unpaired) electrons. The van der Waals surface area contributed by atoms with E-state index in [9.17, 15) is 14.9 Å². The first kappa shape index (κ1) is 15.3. The molecule has 2 rings (SSSR count). The van der Waals surface area contributed by atoms with Crippen molar-refractivity contribution in [1.82, 2.24) is 0 Å². The second-order valence-electron chi connectivity index (χ2n) is 4.05. The average Bonchev–Trinajstić information content (AvgIpc) is 2.43. The van der Waals surface area contributed by atoms with Gasteiger partial charge in [-0.2, -0.15) is 0 Å². The van der Waals surface area contributed by atoms with Gasteiger partial charge in [-0.1, -0.05) is 11.6 Å². The van der Waals surface area contributed by atoms with Crippen molar-refractivity contribution >= 4 is 50.6 Å². The molecule has 0 aromatic heterocycles. The van der Waals surface area contributed by atoms with Crippen LogP contribution in [0.2, 0.25) is 5.02 Å². The van der Waals surface area contributed by atoms with Crippen LogP contribution in [0.15, 0.2) is 40.9 Å². The van der Waals surface area contributed by atoms with Crippen LogP contribution < -0.4 is 5.32 Å². The van der Waals surface area contributed by atoms with Crippen molar-refractivity contribution in [1.29, 1.82) is 0 Å². The molecule has 0 saturated heterocycles. The van der Waals surface area contributed by atoms with Crippen LogP contribution in [0.3, 0.4) is 0 Å². The van der Waals surface area contributed by atoms with E-state index in [1.54, 1.807) is 18.2 Å². The number of aromatic carboxylic acids is 1. The second kappa shape index (κ2) is 6.11. The molecule has 108 valence electrons. The third-order valence-corrected chi connectivity index (χ3v) is 3.88. The van der Waals surface area contributed by atoms with Gasteiger partial charge in [-0.05, 0) is 40.2 Å². The minimum Gasteiger partial charge on any atom is -0.478 e. The lowest BCUT2D eigenvalue weighted by atomic mass is 10.1. The molecule has 0 aliphatic rings. The number of halogens is 2. The van der Waals surface area contributed by atoms with Crippen LogP contribution in [0.25, 0.3) is 0 Å². The van der Waals surface area contributed by atoms with Crippen LogP contribution in [-0.4, -0.2) is 16.0 Å². The summed E-state index contributed by atoms with van der Waals surface area (Å²) in [5.74, 6) is -1.26. The molecule has 0 fully saturated rings. The monoisotopic (exact) mass is 370 g/mol. The van der Waals surface area contributed by atoms with Gasteiger partial charge in [-0.25, -0.2) is 4.79 Å². The van der Waals surface area contributed by atoms with E-state index in [0.29, 0.717) is 15.2 Å². The summed E-state index contributed by atoms with van der Waals surface area (Å²) in [6.07, 6.45) is 0. The Hall–Kier alpha value is -2.12. The van der Waals surface area contributed by atoms with Gasteiger partial charge in [0.2, 0.25) is 0 Å². The van der Waals surface area contributed by atoms with Gasteiger partial charge in [0.15, 0.2) is 0 Å². The average molecular weight is 372 g/mol. The fourth-order valence-electron chi connectivity index (χ4n) is 1.66. The molecule has 0 unspecified atom stereocenters. The zero-order chi connectivity index (χ0) is 15.6. The summed E-state index contributed by atoms with van der Waals surface area (Å²) >= 11 is 9.21. The molecule has 8 heteroatoms. The number of nitrogens with zero attached hydrogens (tertiary/aromatic N) is 1. The van der Waals surface area contributed by atoms with E-state index in [1.807, 2.05) is 0 Å². The third-order valence-electron chi connectivity index (χ3n) is 2.64. The van der Waals surface area contributed by atoms with Crippen LogP contribution in [0.4, 0.5) is 17.1 Å². The summed E-state index contributed by atoms with van der Waals surface area (Å²) < 4.78 is 0.705. The van der Waals surface area contributed by atoms with E-state index in [2.05, 4.69) is 21.2 Å². The maximum Gasteiger partial charge on any atom is 0.338 e. The Bertz CT molecular complexity index is 736. The molecule has 0 aliphatic heterocycles. The highest BCUT2D eigenvalue weighted by atomic mass is 79.9. The van der Waals surface area contributed by atoms with Gasteiger partial charge in [0, 0.05) is 22.3 Å². The number of carbonyl (C=O) groups is 1. The first-order valence-electron chi connectivity index (χ1n) is 5.62. The number of anilines is 2. The van der Waals surface area contributed by atoms with Crippen molar-refractivity contribution in [3.8, 4) is 0 Å². The van der Waals surface area contributed by atoms with Gasteiger partial charge in [0.1, 0.15) is 0 Å². The summed E-state index contributed by atoms with van der Waals surface area (Å²) in [5, 5.41) is 23.2. The number of nitro benzene ring substituents is 1. The lowest BCUT2D eigenvalue weighted by Gasteiger charge is -2.10. The Kier molecular flexibility index (Phi) is 4.44. The van der Waals surface area contributed by atoms with Crippen LogP contribution in [0.1, 0.15) is 10.4 Å². The number of nitrogens with one attached hydrogen (secondary N) is 1.